The van der Waals surface area contributed by atoms with Crippen LogP contribution in [0.2, 0.25) is 5.02 Å². The fourth-order valence-electron chi connectivity index (χ4n) is 3.41. The minimum atomic E-state index is -0.802. The molecule has 4 amide bonds. The maximum absolute atomic E-state index is 13.0. The van der Waals surface area contributed by atoms with Crippen LogP contribution >= 0.6 is 11.6 Å². The molecule has 0 unspecified atom stereocenters. The number of rotatable bonds is 3. The zero-order valence-electron chi connectivity index (χ0n) is 16.2. The molecule has 150 valence electrons. The zero-order chi connectivity index (χ0) is 21.4. The summed E-state index contributed by atoms with van der Waals surface area (Å²) in [5.41, 5.74) is 2.58. The number of halogens is 1. The lowest BCUT2D eigenvalue weighted by molar-refractivity contribution is -0.122. The third kappa shape index (κ3) is 3.40. The molecule has 1 N–H and O–H groups in total. The largest absolute Gasteiger partial charge is 0.335 e. The number of barbiturate groups is 1. The van der Waals surface area contributed by atoms with Crippen LogP contribution in [-0.4, -0.2) is 27.4 Å². The highest BCUT2D eigenvalue weighted by Crippen LogP contribution is 2.26. The van der Waals surface area contributed by atoms with Gasteiger partial charge in [0, 0.05) is 22.6 Å². The Kier molecular flexibility index (Phi) is 4.97. The topological polar surface area (TPSA) is 84.3 Å². The standard InChI is InChI=1S/C22H17ClN4O3/c1-13-11-15(14(2)26(13)19-5-3-4-10-24-19)12-18-20(28)25-22(30)27(21(18)29)17-8-6-16(23)7-9-17/h3-12H,1-2H3,(H,25,28,30)/b18-12+. The summed E-state index contributed by atoms with van der Waals surface area (Å²) in [4.78, 5) is 43.1. The number of aromatic nitrogens is 2. The quantitative estimate of drug-likeness (QED) is 0.515. The molecule has 4 rings (SSSR count). The number of imide groups is 2. The molecule has 2 aromatic heterocycles. The lowest BCUT2D eigenvalue weighted by Crippen LogP contribution is -2.54. The van der Waals surface area contributed by atoms with Crippen molar-refractivity contribution in [2.75, 3.05) is 4.90 Å². The summed E-state index contributed by atoms with van der Waals surface area (Å²) in [5.74, 6) is -0.707. The fourth-order valence-corrected chi connectivity index (χ4v) is 3.54. The van der Waals surface area contributed by atoms with Crippen LogP contribution in [-0.2, 0) is 9.59 Å². The molecule has 1 aromatic carbocycles. The van der Waals surface area contributed by atoms with E-state index in [1.54, 1.807) is 30.5 Å². The smallest absolute Gasteiger partial charge is 0.303 e. The highest BCUT2D eigenvalue weighted by atomic mass is 35.5. The monoisotopic (exact) mass is 420 g/mol. The van der Waals surface area contributed by atoms with E-state index in [1.807, 2.05) is 42.7 Å². The van der Waals surface area contributed by atoms with E-state index in [2.05, 4.69) is 10.3 Å². The molecule has 1 fully saturated rings. The molecular weight excluding hydrogens is 404 g/mol. The van der Waals surface area contributed by atoms with Crippen LogP contribution in [0.4, 0.5) is 10.5 Å². The van der Waals surface area contributed by atoms with Crippen LogP contribution in [0.5, 0.6) is 0 Å². The van der Waals surface area contributed by atoms with Gasteiger partial charge in [0.25, 0.3) is 11.8 Å². The molecule has 3 heterocycles. The van der Waals surface area contributed by atoms with Gasteiger partial charge in [-0.2, -0.15) is 0 Å². The molecule has 8 heteroatoms. The van der Waals surface area contributed by atoms with E-state index in [0.29, 0.717) is 16.3 Å². The van der Waals surface area contributed by atoms with Gasteiger partial charge in [0.05, 0.1) is 5.69 Å². The van der Waals surface area contributed by atoms with Gasteiger partial charge in [0.2, 0.25) is 0 Å². The number of pyridine rings is 1. The SMILES string of the molecule is Cc1cc(/C=C2\C(=O)NC(=O)N(c3ccc(Cl)cc3)C2=O)c(C)n1-c1ccccn1. The third-order valence-corrected chi connectivity index (χ3v) is 5.09. The van der Waals surface area contributed by atoms with Crippen LogP contribution in [0, 0.1) is 13.8 Å². The molecule has 0 atom stereocenters. The molecule has 1 aliphatic rings. The number of aryl methyl sites for hydroxylation is 1. The van der Waals surface area contributed by atoms with Crippen molar-refractivity contribution in [2.24, 2.45) is 0 Å². The third-order valence-electron chi connectivity index (χ3n) is 4.84. The second-order valence-corrected chi connectivity index (χ2v) is 7.22. The van der Waals surface area contributed by atoms with Crippen molar-refractivity contribution in [3.8, 4) is 5.82 Å². The number of carbonyl (C=O) groups excluding carboxylic acids is 3. The van der Waals surface area contributed by atoms with Crippen LogP contribution in [0.1, 0.15) is 17.0 Å². The molecule has 7 nitrogen and oxygen atoms in total. The number of benzene rings is 1. The summed E-state index contributed by atoms with van der Waals surface area (Å²) in [5, 5.41) is 2.69. The molecular formula is C22H17ClN4O3. The zero-order valence-corrected chi connectivity index (χ0v) is 17.0. The number of hydrogen-bond acceptors (Lipinski definition) is 4. The van der Waals surface area contributed by atoms with Gasteiger partial charge in [-0.25, -0.2) is 14.7 Å². The first-order valence-corrected chi connectivity index (χ1v) is 9.52. The van der Waals surface area contributed by atoms with Crippen LogP contribution in [0.15, 0.2) is 60.3 Å². The Hall–Kier alpha value is -3.71. The predicted octanol–water partition coefficient (Wildman–Crippen LogP) is 3.81. The fraction of sp³-hybridized carbons (Fsp3) is 0.0909. The van der Waals surface area contributed by atoms with E-state index in [-0.39, 0.29) is 5.57 Å². The van der Waals surface area contributed by atoms with E-state index < -0.39 is 17.8 Å². The van der Waals surface area contributed by atoms with Gasteiger partial charge in [-0.15, -0.1) is 0 Å². The number of hydrogen-bond donors (Lipinski definition) is 1. The number of anilines is 1. The molecule has 1 aliphatic heterocycles. The molecule has 30 heavy (non-hydrogen) atoms. The highest BCUT2D eigenvalue weighted by molar-refractivity contribution is 6.39. The Morgan fingerprint density at radius 3 is 2.43 bits per heavy atom. The first-order chi connectivity index (χ1) is 14.4. The van der Waals surface area contributed by atoms with Gasteiger partial charge < -0.3 is 4.57 Å². The van der Waals surface area contributed by atoms with Crippen LogP contribution in [0.25, 0.3) is 11.9 Å². The number of amides is 4. The van der Waals surface area contributed by atoms with Gasteiger partial charge >= 0.3 is 6.03 Å². The van der Waals surface area contributed by atoms with Gasteiger partial charge in [-0.1, -0.05) is 17.7 Å². The Morgan fingerprint density at radius 1 is 1.03 bits per heavy atom. The summed E-state index contributed by atoms with van der Waals surface area (Å²) in [6, 6.07) is 12.9. The highest BCUT2D eigenvalue weighted by Gasteiger charge is 2.37. The molecule has 3 aromatic rings. The summed E-state index contributed by atoms with van der Waals surface area (Å²) in [7, 11) is 0. The average molecular weight is 421 g/mol. The summed E-state index contributed by atoms with van der Waals surface area (Å²) >= 11 is 5.89. The van der Waals surface area contributed by atoms with Crippen molar-refractivity contribution >= 4 is 41.2 Å². The number of nitrogens with zero attached hydrogens (tertiary/aromatic N) is 3. The number of urea groups is 1. The van der Waals surface area contributed by atoms with Gasteiger partial charge in [-0.3, -0.25) is 14.9 Å². The Labute approximate surface area is 177 Å². The molecule has 1 saturated heterocycles. The van der Waals surface area contributed by atoms with Crippen molar-refractivity contribution < 1.29 is 14.4 Å². The molecule has 0 bridgehead atoms. The second kappa shape index (κ2) is 7.61. The van der Waals surface area contributed by atoms with Crippen molar-refractivity contribution in [3.05, 3.63) is 82.3 Å². The minimum Gasteiger partial charge on any atom is -0.303 e. The van der Waals surface area contributed by atoms with E-state index in [9.17, 15) is 14.4 Å². The maximum Gasteiger partial charge on any atom is 0.335 e. The first-order valence-electron chi connectivity index (χ1n) is 9.14. The van der Waals surface area contributed by atoms with E-state index in [1.165, 1.54) is 6.08 Å². The molecule has 0 spiro atoms. The summed E-state index contributed by atoms with van der Waals surface area (Å²) < 4.78 is 1.93. The normalized spacial score (nSPS) is 15.6. The van der Waals surface area contributed by atoms with Crippen molar-refractivity contribution in [3.63, 3.8) is 0 Å². The van der Waals surface area contributed by atoms with Crippen molar-refractivity contribution in [1.29, 1.82) is 0 Å². The molecule has 0 saturated carbocycles. The van der Waals surface area contributed by atoms with Crippen molar-refractivity contribution in [2.45, 2.75) is 13.8 Å². The van der Waals surface area contributed by atoms with Crippen LogP contribution < -0.4 is 10.2 Å². The number of nitrogens with one attached hydrogen (secondary N) is 1. The maximum atomic E-state index is 13.0. The lowest BCUT2D eigenvalue weighted by Gasteiger charge is -2.26. The molecule has 0 radical (unpaired) electrons. The Morgan fingerprint density at radius 2 is 1.77 bits per heavy atom. The van der Waals surface area contributed by atoms with E-state index in [4.69, 9.17) is 11.6 Å². The van der Waals surface area contributed by atoms with Gasteiger partial charge in [-0.05, 0) is 68.0 Å². The predicted molar refractivity (Wildman–Crippen MR) is 113 cm³/mol. The Balaban J connectivity index is 1.76. The minimum absolute atomic E-state index is 0.133. The van der Waals surface area contributed by atoms with E-state index >= 15 is 0 Å². The van der Waals surface area contributed by atoms with E-state index in [0.717, 1.165) is 22.1 Å². The Bertz CT molecular complexity index is 1200. The van der Waals surface area contributed by atoms with Crippen molar-refractivity contribution in [1.82, 2.24) is 14.9 Å². The van der Waals surface area contributed by atoms with Gasteiger partial charge in [0.15, 0.2) is 0 Å². The first kappa shape index (κ1) is 19.6. The second-order valence-electron chi connectivity index (χ2n) is 6.78. The van der Waals surface area contributed by atoms with Gasteiger partial charge in [0.1, 0.15) is 11.4 Å². The molecule has 0 aliphatic carbocycles. The number of carbonyl (C=O) groups is 3. The van der Waals surface area contributed by atoms with Crippen LogP contribution in [0.3, 0.4) is 0 Å². The summed E-state index contributed by atoms with van der Waals surface area (Å²) in [6.07, 6.45) is 3.19. The lowest BCUT2D eigenvalue weighted by atomic mass is 10.1. The summed E-state index contributed by atoms with van der Waals surface area (Å²) in [6.45, 7) is 3.79. The average Bonchev–Trinajstić information content (AvgIpc) is 3.00.